The molecule has 0 bridgehead atoms. The number of ether oxygens (including phenoxy) is 1. The van der Waals surface area contributed by atoms with E-state index in [-0.39, 0.29) is 6.54 Å². The Morgan fingerprint density at radius 3 is 2.56 bits per heavy atom. The second-order valence-corrected chi connectivity index (χ2v) is 8.90. The number of alkyl halides is 3. The van der Waals surface area contributed by atoms with E-state index in [9.17, 15) is 13.2 Å². The fourth-order valence-electron chi connectivity index (χ4n) is 3.20. The molecular weight excluding hydrogens is 461 g/mol. The van der Waals surface area contributed by atoms with Crippen molar-refractivity contribution in [3.63, 3.8) is 0 Å². The number of aliphatic imine (C=N–C) groups is 1. The number of rotatable bonds is 8. The molecule has 2 heterocycles. The van der Waals surface area contributed by atoms with Crippen LogP contribution in [0.3, 0.4) is 0 Å². The number of methoxy groups -OCH3 is 1. The van der Waals surface area contributed by atoms with Gasteiger partial charge in [0.25, 0.3) is 0 Å². The minimum atomic E-state index is -4.42. The maximum absolute atomic E-state index is 12.9. The van der Waals surface area contributed by atoms with Crippen LogP contribution in [0.1, 0.15) is 47.0 Å². The lowest BCUT2D eigenvalue weighted by atomic mass is 10.0. The van der Waals surface area contributed by atoms with Gasteiger partial charge in [-0.2, -0.15) is 13.2 Å². The van der Waals surface area contributed by atoms with Crippen molar-refractivity contribution in [2.75, 3.05) is 7.11 Å². The number of hydrogen-bond acceptors (Lipinski definition) is 5. The van der Waals surface area contributed by atoms with E-state index in [2.05, 4.69) is 27.2 Å². The maximum atomic E-state index is 12.9. The zero-order chi connectivity index (χ0) is 24.7. The average Bonchev–Trinajstić information content (AvgIpc) is 3.25. The van der Waals surface area contributed by atoms with Crippen molar-refractivity contribution in [1.82, 2.24) is 15.3 Å². The van der Waals surface area contributed by atoms with Crippen molar-refractivity contribution < 1.29 is 17.9 Å². The highest BCUT2D eigenvalue weighted by atomic mass is 32.1. The van der Waals surface area contributed by atoms with Crippen LogP contribution in [-0.2, 0) is 12.7 Å². The summed E-state index contributed by atoms with van der Waals surface area (Å²) in [6.07, 6.45) is 3.98. The van der Waals surface area contributed by atoms with E-state index in [1.54, 1.807) is 18.4 Å². The first kappa shape index (κ1) is 25.4. The lowest BCUT2D eigenvalue weighted by Gasteiger charge is -2.15. The minimum Gasteiger partial charge on any atom is -0.496 e. The van der Waals surface area contributed by atoms with Gasteiger partial charge in [-0.1, -0.05) is 19.4 Å². The van der Waals surface area contributed by atoms with Crippen LogP contribution in [0.5, 0.6) is 5.75 Å². The van der Waals surface area contributed by atoms with Gasteiger partial charge in [-0.15, -0.1) is 11.3 Å². The number of aryl methyl sites for hydroxylation is 1. The van der Waals surface area contributed by atoms with Gasteiger partial charge < -0.3 is 10.1 Å². The van der Waals surface area contributed by atoms with E-state index in [4.69, 9.17) is 4.74 Å². The number of benzene rings is 1. The molecule has 0 saturated carbocycles. The molecular formula is C25H27F3N4OS. The van der Waals surface area contributed by atoms with Crippen molar-refractivity contribution in [1.29, 1.82) is 0 Å². The number of thiazole rings is 1. The van der Waals surface area contributed by atoms with Gasteiger partial charge >= 0.3 is 6.18 Å². The van der Waals surface area contributed by atoms with Crippen LogP contribution in [0.2, 0.25) is 0 Å². The van der Waals surface area contributed by atoms with Crippen molar-refractivity contribution >= 4 is 17.2 Å². The summed E-state index contributed by atoms with van der Waals surface area (Å²) in [5.41, 5.74) is 2.25. The summed E-state index contributed by atoms with van der Waals surface area (Å²) in [6, 6.07) is 6.31. The van der Waals surface area contributed by atoms with E-state index in [0.29, 0.717) is 17.3 Å². The number of nitrogens with zero attached hydrogens (tertiary/aromatic N) is 3. The van der Waals surface area contributed by atoms with Crippen LogP contribution in [0.25, 0.3) is 10.6 Å². The number of halogens is 3. The van der Waals surface area contributed by atoms with Gasteiger partial charge in [-0.25, -0.2) is 4.98 Å². The molecule has 0 amide bonds. The van der Waals surface area contributed by atoms with Crippen molar-refractivity contribution in [2.24, 2.45) is 4.99 Å². The smallest absolute Gasteiger partial charge is 0.417 e. The highest BCUT2D eigenvalue weighted by Gasteiger charge is 2.30. The topological polar surface area (TPSA) is 59.4 Å². The first-order valence-corrected chi connectivity index (χ1v) is 11.6. The first-order chi connectivity index (χ1) is 16.2. The summed E-state index contributed by atoms with van der Waals surface area (Å²) in [7, 11) is 1.61. The van der Waals surface area contributed by atoms with Crippen LogP contribution in [0, 0.1) is 13.8 Å². The molecule has 0 radical (unpaired) electrons. The van der Waals surface area contributed by atoms with Crippen LogP contribution >= 0.6 is 11.3 Å². The molecule has 9 heteroatoms. The number of amidine groups is 1. The van der Waals surface area contributed by atoms with Gasteiger partial charge in [0, 0.05) is 34.0 Å². The van der Waals surface area contributed by atoms with Gasteiger partial charge in [0.05, 0.1) is 24.9 Å². The molecule has 0 fully saturated rings. The Labute approximate surface area is 201 Å². The number of allylic oxidation sites excluding steroid dienone is 1. The van der Waals surface area contributed by atoms with Gasteiger partial charge in [0.2, 0.25) is 0 Å². The molecule has 0 aliphatic heterocycles. The first-order valence-electron chi connectivity index (χ1n) is 10.8. The third kappa shape index (κ3) is 6.44. The predicted octanol–water partition coefficient (Wildman–Crippen LogP) is 6.70. The Hall–Kier alpha value is -3.20. The quantitative estimate of drug-likeness (QED) is 0.283. The van der Waals surface area contributed by atoms with E-state index in [0.717, 1.165) is 51.7 Å². The second-order valence-electron chi connectivity index (χ2n) is 7.66. The van der Waals surface area contributed by atoms with Gasteiger partial charge in [0.15, 0.2) is 0 Å². The molecule has 5 nitrogen and oxygen atoms in total. The molecule has 0 unspecified atom stereocenters. The van der Waals surface area contributed by atoms with E-state index < -0.39 is 11.7 Å². The molecule has 0 atom stereocenters. The molecule has 0 aliphatic rings. The molecule has 1 N–H and O–H groups in total. The maximum Gasteiger partial charge on any atom is 0.417 e. The number of nitrogens with one attached hydrogen (secondary N) is 1. The molecule has 0 saturated heterocycles. The molecule has 0 aliphatic carbocycles. The number of hydrogen-bond donors (Lipinski definition) is 1. The Morgan fingerprint density at radius 2 is 1.97 bits per heavy atom. The standard InChI is InChI=1S/C25H27F3N4OS/c1-5-6-7-10-29-23(31-15-20-9-8-19(14-30-20)25(26,27)28)21-11-18(12-22(33-4)17(21)3)24-32-13-16(2)34-24/h7-14H,5-6,15H2,1-4H3,(H,29,31)/b10-7+. The second kappa shape index (κ2) is 11.3. The van der Waals surface area contributed by atoms with Crippen LogP contribution < -0.4 is 10.1 Å². The Kier molecular flexibility index (Phi) is 8.44. The summed E-state index contributed by atoms with van der Waals surface area (Å²) in [6.45, 7) is 6.14. The summed E-state index contributed by atoms with van der Waals surface area (Å²) < 4.78 is 44.2. The van der Waals surface area contributed by atoms with Crippen molar-refractivity contribution in [3.05, 3.63) is 76.2 Å². The normalized spacial score (nSPS) is 12.4. The van der Waals surface area contributed by atoms with Crippen molar-refractivity contribution in [2.45, 2.75) is 46.3 Å². The summed E-state index contributed by atoms with van der Waals surface area (Å²) in [5.74, 6) is 1.26. The SMILES string of the molecule is CCC/C=C/NC(=NCc1ccc(C(F)(F)F)cn1)c1cc(-c2ncc(C)s2)cc(OC)c1C. The fraction of sp³-hybridized carbons (Fsp3) is 0.320. The van der Waals surface area contributed by atoms with Gasteiger partial charge in [-0.05, 0) is 50.7 Å². The number of pyridine rings is 1. The third-order valence-corrected chi connectivity index (χ3v) is 6.01. The number of unbranched alkanes of at least 4 members (excludes halogenated alkanes) is 1. The average molecular weight is 489 g/mol. The predicted molar refractivity (Wildman–Crippen MR) is 130 cm³/mol. The van der Waals surface area contributed by atoms with Crippen molar-refractivity contribution in [3.8, 4) is 16.3 Å². The zero-order valence-electron chi connectivity index (χ0n) is 19.5. The van der Waals surface area contributed by atoms with E-state index in [1.165, 1.54) is 6.07 Å². The van der Waals surface area contributed by atoms with Crippen LogP contribution in [-0.4, -0.2) is 22.9 Å². The van der Waals surface area contributed by atoms with E-state index >= 15 is 0 Å². The molecule has 3 aromatic rings. The Bertz CT molecular complexity index is 1170. The fourth-order valence-corrected chi connectivity index (χ4v) is 3.95. The van der Waals surface area contributed by atoms with Gasteiger partial charge in [-0.3, -0.25) is 9.98 Å². The third-order valence-electron chi connectivity index (χ3n) is 5.05. The minimum absolute atomic E-state index is 0.116. The largest absolute Gasteiger partial charge is 0.496 e. The molecule has 180 valence electrons. The molecule has 2 aromatic heterocycles. The highest BCUT2D eigenvalue weighted by molar-refractivity contribution is 7.14. The monoisotopic (exact) mass is 488 g/mol. The molecule has 1 aromatic carbocycles. The molecule has 0 spiro atoms. The zero-order valence-corrected chi connectivity index (χ0v) is 20.3. The van der Waals surface area contributed by atoms with Crippen LogP contribution in [0.15, 0.2) is 53.9 Å². The number of aromatic nitrogens is 2. The van der Waals surface area contributed by atoms with Gasteiger partial charge in [0.1, 0.15) is 16.6 Å². The summed E-state index contributed by atoms with van der Waals surface area (Å²) in [5, 5.41) is 4.11. The lowest BCUT2D eigenvalue weighted by Crippen LogP contribution is -2.21. The molecule has 3 rings (SSSR count). The highest BCUT2D eigenvalue weighted by Crippen LogP contribution is 2.33. The lowest BCUT2D eigenvalue weighted by molar-refractivity contribution is -0.137. The molecule has 34 heavy (non-hydrogen) atoms. The van der Waals surface area contributed by atoms with Crippen LogP contribution in [0.4, 0.5) is 13.2 Å². The van der Waals surface area contributed by atoms with E-state index in [1.807, 2.05) is 44.5 Å². The summed E-state index contributed by atoms with van der Waals surface area (Å²) in [4.78, 5) is 14.2. The Balaban J connectivity index is 2.00. The Morgan fingerprint density at radius 1 is 1.18 bits per heavy atom. The summed E-state index contributed by atoms with van der Waals surface area (Å²) >= 11 is 1.58.